The lowest BCUT2D eigenvalue weighted by Crippen LogP contribution is -1.96. The lowest BCUT2D eigenvalue weighted by Gasteiger charge is -2.15. The molecule has 0 heteroatoms. The first-order valence-electron chi connectivity index (χ1n) is 15.7. The van der Waals surface area contributed by atoms with Crippen LogP contribution in [0.2, 0.25) is 0 Å². The number of hydrogen-bond donors (Lipinski definition) is 0. The molecular formula is C46H36. The molecule has 0 saturated heterocycles. The Hall–Kier alpha value is -5.98. The van der Waals surface area contributed by atoms with Gasteiger partial charge in [0, 0.05) is 0 Å². The van der Waals surface area contributed by atoms with Crippen molar-refractivity contribution in [1.29, 1.82) is 0 Å². The molecule has 0 aliphatic rings. The van der Waals surface area contributed by atoms with Crippen molar-refractivity contribution in [3.05, 3.63) is 213 Å². The highest BCUT2D eigenvalue weighted by Crippen LogP contribution is 2.32. The Morgan fingerprint density at radius 3 is 0.739 bits per heavy atom. The Morgan fingerprint density at radius 2 is 0.457 bits per heavy atom. The molecule has 0 amide bonds. The number of benzene rings is 6. The van der Waals surface area contributed by atoms with E-state index in [-0.39, 0.29) is 0 Å². The van der Waals surface area contributed by atoms with Gasteiger partial charge in [-0.25, -0.2) is 0 Å². The van der Waals surface area contributed by atoms with Crippen molar-refractivity contribution >= 4 is 60.8 Å². The Kier molecular flexibility index (Phi) is 10.2. The van der Waals surface area contributed by atoms with Crippen molar-refractivity contribution in [2.24, 2.45) is 0 Å². The van der Waals surface area contributed by atoms with Gasteiger partial charge in [0.15, 0.2) is 0 Å². The third kappa shape index (κ3) is 8.34. The van der Waals surface area contributed by atoms with E-state index in [4.69, 9.17) is 0 Å². The summed E-state index contributed by atoms with van der Waals surface area (Å²) in [6, 6.07) is 54.8. The van der Waals surface area contributed by atoms with Gasteiger partial charge in [0.05, 0.1) is 0 Å². The molecule has 0 spiro atoms. The molecule has 6 aromatic carbocycles. The minimum absolute atomic E-state index is 1.15. The Labute approximate surface area is 273 Å². The SMILES string of the molecule is C(=Cc1cc(C=Cc2ccccc2)c(C=Cc2ccccc2)c(C=Cc2ccccc2)c1C=Cc1ccccc1)c1ccccc1. The van der Waals surface area contributed by atoms with Gasteiger partial charge in [-0.1, -0.05) is 212 Å². The van der Waals surface area contributed by atoms with Crippen molar-refractivity contribution in [1.82, 2.24) is 0 Å². The van der Waals surface area contributed by atoms with Crippen LogP contribution in [0.1, 0.15) is 55.6 Å². The van der Waals surface area contributed by atoms with E-state index in [2.05, 4.69) is 218 Å². The van der Waals surface area contributed by atoms with Crippen molar-refractivity contribution in [3.63, 3.8) is 0 Å². The van der Waals surface area contributed by atoms with E-state index < -0.39 is 0 Å². The normalized spacial score (nSPS) is 11.9. The van der Waals surface area contributed by atoms with E-state index in [1.54, 1.807) is 0 Å². The molecule has 0 aliphatic heterocycles. The van der Waals surface area contributed by atoms with E-state index in [1.807, 2.05) is 0 Å². The molecule has 0 heterocycles. The summed E-state index contributed by atoms with van der Waals surface area (Å²) in [6.07, 6.45) is 22.3. The second kappa shape index (κ2) is 15.7. The van der Waals surface area contributed by atoms with Gasteiger partial charge in [0.1, 0.15) is 0 Å². The first-order valence-corrected chi connectivity index (χ1v) is 15.7. The van der Waals surface area contributed by atoms with Gasteiger partial charge in [0.2, 0.25) is 0 Å². The van der Waals surface area contributed by atoms with Crippen LogP contribution in [0.5, 0.6) is 0 Å². The monoisotopic (exact) mass is 588 g/mol. The molecule has 0 nitrogen and oxygen atoms in total. The molecule has 0 radical (unpaired) electrons. The topological polar surface area (TPSA) is 0 Å². The summed E-state index contributed by atoms with van der Waals surface area (Å²) in [7, 11) is 0. The largest absolute Gasteiger partial charge is 0.0622 e. The fourth-order valence-corrected chi connectivity index (χ4v) is 5.34. The van der Waals surface area contributed by atoms with Crippen LogP contribution in [-0.4, -0.2) is 0 Å². The van der Waals surface area contributed by atoms with E-state index >= 15 is 0 Å². The summed E-state index contributed by atoms with van der Waals surface area (Å²) in [5, 5.41) is 0. The maximum atomic E-state index is 2.31. The molecule has 0 bridgehead atoms. The second-order valence-corrected chi connectivity index (χ2v) is 11.0. The molecule has 0 aromatic heterocycles. The van der Waals surface area contributed by atoms with Crippen LogP contribution in [-0.2, 0) is 0 Å². The summed E-state index contributed by atoms with van der Waals surface area (Å²) in [6.45, 7) is 0. The van der Waals surface area contributed by atoms with Crippen LogP contribution in [0.15, 0.2) is 158 Å². The van der Waals surface area contributed by atoms with E-state index in [1.165, 1.54) is 0 Å². The highest BCUT2D eigenvalue weighted by atomic mass is 14.2. The van der Waals surface area contributed by atoms with Gasteiger partial charge in [-0.2, -0.15) is 0 Å². The molecule has 0 unspecified atom stereocenters. The summed E-state index contributed by atoms with van der Waals surface area (Å²) in [5.41, 5.74) is 11.6. The summed E-state index contributed by atoms with van der Waals surface area (Å²) in [5.74, 6) is 0. The molecule has 6 aromatic rings. The molecule has 0 aliphatic carbocycles. The molecule has 0 saturated carbocycles. The fourth-order valence-electron chi connectivity index (χ4n) is 5.34. The van der Waals surface area contributed by atoms with Gasteiger partial charge in [0.25, 0.3) is 0 Å². The Balaban J connectivity index is 1.60. The third-order valence-electron chi connectivity index (χ3n) is 7.75. The van der Waals surface area contributed by atoms with Crippen LogP contribution in [0.4, 0.5) is 0 Å². The first kappa shape index (κ1) is 30.1. The predicted molar refractivity (Wildman–Crippen MR) is 203 cm³/mol. The maximum Gasteiger partial charge on any atom is -0.00992 e. The smallest absolute Gasteiger partial charge is 0.00992 e. The van der Waals surface area contributed by atoms with E-state index in [0.29, 0.717) is 0 Å². The highest BCUT2D eigenvalue weighted by Gasteiger charge is 2.12. The minimum atomic E-state index is 1.15. The van der Waals surface area contributed by atoms with Crippen molar-refractivity contribution in [3.8, 4) is 0 Å². The van der Waals surface area contributed by atoms with E-state index in [9.17, 15) is 0 Å². The Bertz CT molecular complexity index is 1850. The van der Waals surface area contributed by atoms with Crippen LogP contribution in [0, 0.1) is 0 Å². The molecule has 0 N–H and O–H groups in total. The molecule has 0 atom stereocenters. The lowest BCUT2D eigenvalue weighted by atomic mass is 9.88. The van der Waals surface area contributed by atoms with E-state index in [0.717, 1.165) is 55.6 Å². The zero-order valence-corrected chi connectivity index (χ0v) is 25.8. The summed E-state index contributed by atoms with van der Waals surface area (Å²) >= 11 is 0. The minimum Gasteiger partial charge on any atom is -0.0622 e. The lowest BCUT2D eigenvalue weighted by molar-refractivity contribution is 1.51. The molecular weight excluding hydrogens is 553 g/mol. The fraction of sp³-hybridized carbons (Fsp3) is 0. The summed E-state index contributed by atoms with van der Waals surface area (Å²) < 4.78 is 0. The van der Waals surface area contributed by atoms with Gasteiger partial charge < -0.3 is 0 Å². The number of rotatable bonds is 10. The van der Waals surface area contributed by atoms with Gasteiger partial charge >= 0.3 is 0 Å². The first-order chi connectivity index (χ1) is 22.8. The molecule has 0 fully saturated rings. The van der Waals surface area contributed by atoms with Crippen LogP contribution in [0.3, 0.4) is 0 Å². The zero-order valence-electron chi connectivity index (χ0n) is 25.8. The maximum absolute atomic E-state index is 2.31. The standard InChI is InChI=1S/C46H36/c1-6-16-37(17-7-1)26-31-42-36-43(32-27-38-18-8-2-9-19-38)45(34-29-40-22-12-4-13-23-40)46(35-30-41-24-14-5-15-25-41)44(42)33-28-39-20-10-3-11-21-39/h1-36H. The molecule has 46 heavy (non-hydrogen) atoms. The van der Waals surface area contributed by atoms with Crippen molar-refractivity contribution in [2.45, 2.75) is 0 Å². The average molecular weight is 589 g/mol. The van der Waals surface area contributed by atoms with Crippen LogP contribution < -0.4 is 0 Å². The van der Waals surface area contributed by atoms with Crippen molar-refractivity contribution < 1.29 is 0 Å². The van der Waals surface area contributed by atoms with Crippen LogP contribution in [0.25, 0.3) is 60.8 Å². The average Bonchev–Trinajstić information content (AvgIpc) is 3.13. The number of hydrogen-bond acceptors (Lipinski definition) is 0. The highest BCUT2D eigenvalue weighted by molar-refractivity contribution is 5.94. The third-order valence-corrected chi connectivity index (χ3v) is 7.75. The molecule has 6 rings (SSSR count). The quantitative estimate of drug-likeness (QED) is 0.140. The van der Waals surface area contributed by atoms with Gasteiger partial charge in [-0.15, -0.1) is 0 Å². The van der Waals surface area contributed by atoms with Crippen molar-refractivity contribution in [2.75, 3.05) is 0 Å². The predicted octanol–water partition coefficient (Wildman–Crippen LogP) is 12.5. The second-order valence-electron chi connectivity index (χ2n) is 11.0. The van der Waals surface area contributed by atoms with Crippen LogP contribution >= 0.6 is 0 Å². The zero-order chi connectivity index (χ0) is 31.2. The summed E-state index contributed by atoms with van der Waals surface area (Å²) in [4.78, 5) is 0. The van der Waals surface area contributed by atoms with Gasteiger partial charge in [-0.3, -0.25) is 0 Å². The molecule has 220 valence electrons. The van der Waals surface area contributed by atoms with Gasteiger partial charge in [-0.05, 0) is 61.7 Å². The Morgan fingerprint density at radius 1 is 0.217 bits per heavy atom.